The van der Waals surface area contributed by atoms with E-state index in [0.29, 0.717) is 11.3 Å². The topological polar surface area (TPSA) is 369 Å². The van der Waals surface area contributed by atoms with Crippen LogP contribution in [0.15, 0.2) is 91.1 Å². The number of nitrogens with one attached hydrogen (secondary N) is 5. The first kappa shape index (κ1) is 79.8. The van der Waals surface area contributed by atoms with E-state index in [1.54, 1.807) is 47.5 Å². The Morgan fingerprint density at radius 2 is 1.27 bits per heavy atom. The molecule has 0 radical (unpaired) electrons. The van der Waals surface area contributed by atoms with Crippen molar-refractivity contribution in [1.29, 1.82) is 0 Å². The van der Waals surface area contributed by atoms with Crippen LogP contribution in [-0.4, -0.2) is 187 Å². The molecular weight excluding hydrogens is 1270 g/mol. The summed E-state index contributed by atoms with van der Waals surface area (Å²) in [6, 6.07) is 18.4. The lowest BCUT2D eigenvalue weighted by atomic mass is 9.82. The minimum atomic E-state index is -1.41. The van der Waals surface area contributed by atoms with Crippen LogP contribution in [-0.2, 0) is 84.8 Å². The number of benzene rings is 3. The van der Waals surface area contributed by atoms with Gasteiger partial charge in [0.25, 0.3) is 0 Å². The van der Waals surface area contributed by atoms with E-state index in [-0.39, 0.29) is 153 Å². The van der Waals surface area contributed by atoms with Crippen LogP contribution in [0.3, 0.4) is 0 Å². The zero-order valence-corrected chi connectivity index (χ0v) is 55.7. The number of alkyl carbamates (subject to hydrolysis) is 1. The van der Waals surface area contributed by atoms with Crippen molar-refractivity contribution >= 4 is 76.8 Å². The van der Waals surface area contributed by atoms with Crippen molar-refractivity contribution in [3.63, 3.8) is 0 Å². The highest BCUT2D eigenvalue weighted by Gasteiger charge is 2.38. The van der Waals surface area contributed by atoms with Crippen LogP contribution < -0.4 is 32.3 Å². The predicted octanol–water partition coefficient (Wildman–Crippen LogP) is 5.26. The number of unbranched alkanes of at least 4 members (excludes halogenated alkanes) is 1. The Bertz CT molecular complexity index is 3190. The third kappa shape index (κ3) is 30.8. The first-order chi connectivity index (χ1) is 45.7. The van der Waals surface area contributed by atoms with Crippen molar-refractivity contribution in [3.8, 4) is 11.1 Å². The SMILES string of the molecule is C[C@H](NC(=O)OCc1ccccc1)C(=O)N[C@@H](C)C(=O)N[C@@H](CC(N)=O)C(=O)CCCCN(C(=O)CSC[C@H](CC(=O)CCOCCOCCOCCOCCNC(=O)CNC(=O)CCC(=O)O)C(=O)O)[C@@H](c1cc(-c2cc(F)ccc2F)cn1Cc1ccccc1)C(C)(C)C. The van der Waals surface area contributed by atoms with Gasteiger partial charge in [-0.2, -0.15) is 11.8 Å². The van der Waals surface area contributed by atoms with Crippen LogP contribution in [0, 0.1) is 23.0 Å². The van der Waals surface area contributed by atoms with E-state index >= 15 is 4.39 Å². The van der Waals surface area contributed by atoms with Crippen LogP contribution in [0.25, 0.3) is 11.1 Å². The molecule has 1 aromatic heterocycles. The normalized spacial score (nSPS) is 12.8. The van der Waals surface area contributed by atoms with E-state index < -0.39 is 113 Å². The number of rotatable bonds is 47. The molecule has 1 heterocycles. The van der Waals surface area contributed by atoms with E-state index in [1.165, 1.54) is 13.8 Å². The summed E-state index contributed by atoms with van der Waals surface area (Å²) < 4.78 is 59.3. The fourth-order valence-electron chi connectivity index (χ4n) is 9.65. The van der Waals surface area contributed by atoms with Crippen molar-refractivity contribution < 1.29 is 95.4 Å². The summed E-state index contributed by atoms with van der Waals surface area (Å²) in [4.78, 5) is 141. The molecule has 26 nitrogen and oxygen atoms in total. The molecule has 7 amide bonds. The Labute approximate surface area is 561 Å². The minimum Gasteiger partial charge on any atom is -0.481 e. The van der Waals surface area contributed by atoms with Gasteiger partial charge in [0.2, 0.25) is 35.4 Å². The summed E-state index contributed by atoms with van der Waals surface area (Å²) in [5.41, 5.74) is 7.18. The lowest BCUT2D eigenvalue weighted by Gasteiger charge is -2.41. The standard InChI is InChI=1S/C67H90F2N8O18S/c1-44(73-63(86)45(2)74-66(90)95-41-47-16-10-7-11-17-47)64(87)75-54(37-57(70)80)56(79)18-12-13-25-77(62(67(3,4)5)55-35-48(52-36-50(68)19-20-53(52)69)40-76(55)39-46-14-8-6-9-15-46)60(83)43-96-42-49(65(88)89)34-51(78)23-26-91-28-30-93-32-33-94-31-29-92-27-24-71-59(82)38-72-58(81)21-22-61(84)85/h6-11,14-17,19-20,35-36,40,44-45,49,54,62H,12-13,18,21-34,37-39,41-43H2,1-5H3,(H2,70,80)(H,71,82)(H,72,81)(H,73,86)(H,74,90)(H,75,87)(H,84,85)(H,88,89)/t44-,45-,49-,54-,62-/m0/s1. The lowest BCUT2D eigenvalue weighted by molar-refractivity contribution is -0.143. The van der Waals surface area contributed by atoms with E-state index in [4.69, 9.17) is 34.5 Å². The molecule has 96 heavy (non-hydrogen) atoms. The zero-order valence-electron chi connectivity index (χ0n) is 54.9. The van der Waals surface area contributed by atoms with Gasteiger partial charge < -0.3 is 75.7 Å². The van der Waals surface area contributed by atoms with Crippen LogP contribution in [0.2, 0.25) is 0 Å². The number of nitrogens with zero attached hydrogens (tertiary/aromatic N) is 2. The second kappa shape index (κ2) is 42.7. The molecular formula is C67H90F2N8O18S. The van der Waals surface area contributed by atoms with Gasteiger partial charge in [0.15, 0.2) is 5.78 Å². The summed E-state index contributed by atoms with van der Waals surface area (Å²) in [5.74, 6) is -10.1. The fraction of sp³-hybridized carbons (Fsp3) is 0.507. The van der Waals surface area contributed by atoms with Crippen molar-refractivity contribution in [2.45, 2.75) is 123 Å². The highest BCUT2D eigenvalue weighted by atomic mass is 32.2. The van der Waals surface area contributed by atoms with Gasteiger partial charge in [-0.25, -0.2) is 13.6 Å². The minimum absolute atomic E-state index is 0.000684. The number of carboxylic acids is 2. The molecule has 29 heteroatoms. The molecule has 4 aromatic rings. The zero-order chi connectivity index (χ0) is 70.6. The third-order valence-corrected chi connectivity index (χ3v) is 15.7. The van der Waals surface area contributed by atoms with Crippen molar-refractivity contribution in [1.82, 2.24) is 36.1 Å². The van der Waals surface area contributed by atoms with Crippen molar-refractivity contribution in [2.75, 3.05) is 84.0 Å². The summed E-state index contributed by atoms with van der Waals surface area (Å²) in [5, 5.41) is 31.1. The van der Waals surface area contributed by atoms with Crippen LogP contribution >= 0.6 is 11.8 Å². The average Bonchev–Trinajstić information content (AvgIpc) is 1.48. The van der Waals surface area contributed by atoms with Crippen LogP contribution in [0.1, 0.15) is 109 Å². The highest BCUT2D eigenvalue weighted by molar-refractivity contribution is 7.99. The fourth-order valence-corrected chi connectivity index (χ4v) is 10.6. The summed E-state index contributed by atoms with van der Waals surface area (Å²) in [6.07, 6.45) is -0.674. The third-order valence-electron chi connectivity index (χ3n) is 14.6. The molecule has 0 saturated heterocycles. The molecule has 0 saturated carbocycles. The number of Topliss-reactive ketones (excluding diaryl/α,β-unsaturated/α-hetero) is 2. The largest absolute Gasteiger partial charge is 0.481 e. The van der Waals surface area contributed by atoms with Gasteiger partial charge in [-0.3, -0.25) is 47.9 Å². The van der Waals surface area contributed by atoms with Crippen LogP contribution in [0.5, 0.6) is 0 Å². The number of thioether (sulfide) groups is 1. The lowest BCUT2D eigenvalue weighted by Crippen LogP contribution is -2.54. The molecule has 9 N–H and O–H groups in total. The average molecular weight is 1370 g/mol. The Morgan fingerprint density at radius 1 is 0.667 bits per heavy atom. The molecule has 0 aliphatic rings. The molecule has 0 fully saturated rings. The van der Waals surface area contributed by atoms with Gasteiger partial charge in [-0.05, 0) is 67.5 Å². The molecule has 0 aliphatic heterocycles. The van der Waals surface area contributed by atoms with Gasteiger partial charge in [0.1, 0.15) is 36.1 Å². The first-order valence-corrected chi connectivity index (χ1v) is 32.6. The number of amides is 7. The second-order valence-electron chi connectivity index (χ2n) is 23.6. The monoisotopic (exact) mass is 1360 g/mol. The van der Waals surface area contributed by atoms with Gasteiger partial charge in [-0.15, -0.1) is 0 Å². The maximum absolute atomic E-state index is 15.6. The predicted molar refractivity (Wildman–Crippen MR) is 350 cm³/mol. The number of hydrogen-bond acceptors (Lipinski definition) is 17. The Hall–Kier alpha value is -8.64. The number of aromatic nitrogens is 1. The Kier molecular flexibility index (Phi) is 35.5. The number of halogens is 2. The molecule has 4 rings (SSSR count). The molecule has 0 bridgehead atoms. The number of carboxylic acid groups (broad SMARTS) is 2. The number of aliphatic carboxylic acids is 2. The van der Waals surface area contributed by atoms with Gasteiger partial charge in [0.05, 0.1) is 96.0 Å². The van der Waals surface area contributed by atoms with E-state index in [0.717, 1.165) is 41.1 Å². The number of hydrogen-bond donors (Lipinski definition) is 8. The number of carbonyl (C=O) groups is 11. The Morgan fingerprint density at radius 3 is 1.89 bits per heavy atom. The first-order valence-electron chi connectivity index (χ1n) is 31.5. The molecule has 526 valence electrons. The molecule has 0 spiro atoms. The number of ether oxygens (including phenoxy) is 5. The number of nitrogens with two attached hydrogens (primary N) is 1. The van der Waals surface area contributed by atoms with E-state index in [1.807, 2.05) is 55.7 Å². The number of ketones is 2. The summed E-state index contributed by atoms with van der Waals surface area (Å²) in [6.45, 7) is 10.0. The quantitative estimate of drug-likeness (QED) is 0.0261. The van der Waals surface area contributed by atoms with Crippen LogP contribution in [0.4, 0.5) is 13.6 Å². The number of carbonyl (C=O) groups excluding carboxylic acids is 9. The molecule has 0 unspecified atom stereocenters. The van der Waals surface area contributed by atoms with E-state index in [9.17, 15) is 62.2 Å². The summed E-state index contributed by atoms with van der Waals surface area (Å²) in [7, 11) is 0. The smallest absolute Gasteiger partial charge is 0.408 e. The molecule has 0 aliphatic carbocycles. The van der Waals surface area contributed by atoms with Gasteiger partial charge in [0, 0.05) is 74.1 Å². The second-order valence-corrected chi connectivity index (χ2v) is 24.6. The van der Waals surface area contributed by atoms with E-state index in [2.05, 4.69) is 26.6 Å². The van der Waals surface area contributed by atoms with Crippen molar-refractivity contribution in [3.05, 3.63) is 120 Å². The maximum Gasteiger partial charge on any atom is 0.408 e. The molecule has 3 aromatic carbocycles. The van der Waals surface area contributed by atoms with Gasteiger partial charge >= 0.3 is 18.0 Å². The highest BCUT2D eigenvalue weighted by Crippen LogP contribution is 2.42. The maximum atomic E-state index is 15.6. The Balaban J connectivity index is 1.36. The van der Waals surface area contributed by atoms with Gasteiger partial charge in [-0.1, -0.05) is 81.4 Å². The molecule has 5 atom stereocenters. The van der Waals surface area contributed by atoms with Crippen molar-refractivity contribution in [2.24, 2.45) is 17.1 Å². The summed E-state index contributed by atoms with van der Waals surface area (Å²) >= 11 is 1.02. The number of primary amides is 1.